The van der Waals surface area contributed by atoms with Gasteiger partial charge in [0.25, 0.3) is 0 Å². The van der Waals surface area contributed by atoms with E-state index in [0.29, 0.717) is 10.6 Å². The summed E-state index contributed by atoms with van der Waals surface area (Å²) < 4.78 is 1.64. The summed E-state index contributed by atoms with van der Waals surface area (Å²) in [5, 5.41) is 4.59. The summed E-state index contributed by atoms with van der Waals surface area (Å²) in [6, 6.07) is 7.84. The van der Waals surface area contributed by atoms with Crippen molar-refractivity contribution < 1.29 is 4.79 Å². The Bertz CT molecular complexity index is 693. The SMILES string of the molecule is Cn1ncc(Cl)c1/C=C/C(=O)c1ccc(N2CCCCC2)cc1. The number of carbonyl (C=O) groups excluding carboxylic acids is 1. The first kappa shape index (κ1) is 15.8. The number of allylic oxidation sites excluding steroid dienone is 1. The van der Waals surface area contributed by atoms with Gasteiger partial charge in [-0.05, 0) is 55.7 Å². The van der Waals surface area contributed by atoms with Crippen molar-refractivity contribution in [3.63, 3.8) is 0 Å². The summed E-state index contributed by atoms with van der Waals surface area (Å²) in [6.07, 6.45) is 8.62. The molecule has 23 heavy (non-hydrogen) atoms. The van der Waals surface area contributed by atoms with E-state index in [1.54, 1.807) is 30.1 Å². The quantitative estimate of drug-likeness (QED) is 0.629. The lowest BCUT2D eigenvalue weighted by atomic mass is 10.1. The minimum absolute atomic E-state index is 0.0348. The van der Waals surface area contributed by atoms with Gasteiger partial charge < -0.3 is 4.90 Å². The molecule has 0 atom stereocenters. The lowest BCUT2D eigenvalue weighted by Gasteiger charge is -2.28. The van der Waals surface area contributed by atoms with Crippen molar-refractivity contribution in [2.75, 3.05) is 18.0 Å². The predicted octanol–water partition coefficient (Wildman–Crippen LogP) is 3.96. The highest BCUT2D eigenvalue weighted by molar-refractivity contribution is 6.31. The van der Waals surface area contributed by atoms with Crippen molar-refractivity contribution >= 4 is 29.1 Å². The van der Waals surface area contributed by atoms with Crippen LogP contribution in [-0.2, 0) is 7.05 Å². The molecule has 0 radical (unpaired) electrons. The van der Waals surface area contributed by atoms with Gasteiger partial charge in [0.1, 0.15) is 0 Å². The molecule has 0 spiro atoms. The van der Waals surface area contributed by atoms with Crippen molar-refractivity contribution in [2.24, 2.45) is 7.05 Å². The van der Waals surface area contributed by atoms with Crippen LogP contribution in [0, 0.1) is 0 Å². The van der Waals surface area contributed by atoms with Gasteiger partial charge in [0.15, 0.2) is 5.78 Å². The summed E-state index contributed by atoms with van der Waals surface area (Å²) in [7, 11) is 1.80. The number of aryl methyl sites for hydroxylation is 1. The highest BCUT2D eigenvalue weighted by Gasteiger charge is 2.11. The molecule has 5 heteroatoms. The average molecular weight is 330 g/mol. The van der Waals surface area contributed by atoms with Crippen molar-refractivity contribution in [3.05, 3.63) is 52.8 Å². The van der Waals surface area contributed by atoms with E-state index in [9.17, 15) is 4.79 Å². The maximum atomic E-state index is 12.3. The van der Waals surface area contributed by atoms with Crippen LogP contribution in [0.25, 0.3) is 6.08 Å². The van der Waals surface area contributed by atoms with Crippen molar-refractivity contribution in [1.82, 2.24) is 9.78 Å². The average Bonchev–Trinajstić information content (AvgIpc) is 2.92. The van der Waals surface area contributed by atoms with Gasteiger partial charge in [-0.1, -0.05) is 11.6 Å². The second-order valence-electron chi connectivity index (χ2n) is 5.79. The van der Waals surface area contributed by atoms with E-state index >= 15 is 0 Å². The number of nitrogens with zero attached hydrogens (tertiary/aromatic N) is 3. The molecule has 1 saturated heterocycles. The number of benzene rings is 1. The van der Waals surface area contributed by atoms with Crippen molar-refractivity contribution in [3.8, 4) is 0 Å². The van der Waals surface area contributed by atoms with Crippen LogP contribution in [0.4, 0.5) is 5.69 Å². The second kappa shape index (κ2) is 7.01. The van der Waals surface area contributed by atoms with Crippen LogP contribution in [0.15, 0.2) is 36.5 Å². The smallest absolute Gasteiger partial charge is 0.185 e. The molecule has 0 amide bonds. The molecule has 1 fully saturated rings. The van der Waals surface area contributed by atoms with Gasteiger partial charge in [0.05, 0.1) is 16.9 Å². The minimum Gasteiger partial charge on any atom is -0.372 e. The number of anilines is 1. The van der Waals surface area contributed by atoms with E-state index in [-0.39, 0.29) is 5.78 Å². The zero-order valence-electron chi connectivity index (χ0n) is 13.2. The molecule has 120 valence electrons. The zero-order chi connectivity index (χ0) is 16.2. The first-order valence-corrected chi connectivity index (χ1v) is 8.28. The van der Waals surface area contributed by atoms with Gasteiger partial charge in [-0.2, -0.15) is 5.10 Å². The summed E-state index contributed by atoms with van der Waals surface area (Å²) in [6.45, 7) is 2.21. The van der Waals surface area contributed by atoms with Gasteiger partial charge in [-0.15, -0.1) is 0 Å². The molecule has 0 bridgehead atoms. The van der Waals surface area contributed by atoms with Crippen molar-refractivity contribution in [1.29, 1.82) is 0 Å². The van der Waals surface area contributed by atoms with Gasteiger partial charge in [0, 0.05) is 31.4 Å². The molecule has 1 aromatic carbocycles. The highest BCUT2D eigenvalue weighted by atomic mass is 35.5. The molecule has 1 aromatic heterocycles. The van der Waals surface area contributed by atoms with Crippen LogP contribution >= 0.6 is 11.6 Å². The minimum atomic E-state index is -0.0348. The normalized spacial score (nSPS) is 15.3. The number of aromatic nitrogens is 2. The molecule has 2 heterocycles. The third-order valence-corrected chi connectivity index (χ3v) is 4.49. The molecule has 0 unspecified atom stereocenters. The van der Waals surface area contributed by atoms with E-state index in [1.165, 1.54) is 24.9 Å². The summed E-state index contributed by atoms with van der Waals surface area (Å²) in [5.74, 6) is -0.0348. The van der Waals surface area contributed by atoms with Gasteiger partial charge in [0.2, 0.25) is 0 Å². The number of rotatable bonds is 4. The van der Waals surface area contributed by atoms with Crippen LogP contribution in [0.5, 0.6) is 0 Å². The van der Waals surface area contributed by atoms with Gasteiger partial charge in [-0.25, -0.2) is 0 Å². The summed E-state index contributed by atoms with van der Waals surface area (Å²) in [4.78, 5) is 14.7. The molecule has 0 aliphatic carbocycles. The fourth-order valence-corrected chi connectivity index (χ4v) is 3.08. The number of carbonyl (C=O) groups is 1. The Morgan fingerprint density at radius 3 is 2.48 bits per heavy atom. The van der Waals surface area contributed by atoms with E-state index in [4.69, 9.17) is 11.6 Å². The Labute approximate surface area is 141 Å². The van der Waals surface area contributed by atoms with Crippen LogP contribution in [-0.4, -0.2) is 28.7 Å². The zero-order valence-corrected chi connectivity index (χ0v) is 14.0. The highest BCUT2D eigenvalue weighted by Crippen LogP contribution is 2.21. The molecule has 3 rings (SSSR count). The van der Waals surface area contributed by atoms with Crippen LogP contribution in [0.2, 0.25) is 5.02 Å². The Morgan fingerprint density at radius 1 is 1.17 bits per heavy atom. The van der Waals surface area contributed by atoms with E-state index in [2.05, 4.69) is 10.00 Å². The van der Waals surface area contributed by atoms with Crippen LogP contribution in [0.1, 0.15) is 35.3 Å². The molecule has 0 N–H and O–H groups in total. The molecular weight excluding hydrogens is 310 g/mol. The molecule has 1 aliphatic heterocycles. The Kier molecular flexibility index (Phi) is 4.82. The summed E-state index contributed by atoms with van der Waals surface area (Å²) in [5.41, 5.74) is 2.60. The monoisotopic (exact) mass is 329 g/mol. The third-order valence-electron chi connectivity index (χ3n) is 4.20. The fourth-order valence-electron chi connectivity index (χ4n) is 2.85. The van der Waals surface area contributed by atoms with Crippen molar-refractivity contribution in [2.45, 2.75) is 19.3 Å². The second-order valence-corrected chi connectivity index (χ2v) is 6.20. The predicted molar refractivity (Wildman–Crippen MR) is 94.1 cm³/mol. The molecular formula is C18H20ClN3O. The maximum Gasteiger partial charge on any atom is 0.185 e. The number of hydrogen-bond acceptors (Lipinski definition) is 3. The van der Waals surface area contributed by atoms with Gasteiger partial charge >= 0.3 is 0 Å². The number of halogens is 1. The molecule has 0 saturated carbocycles. The molecule has 2 aromatic rings. The largest absolute Gasteiger partial charge is 0.372 e. The molecule has 4 nitrogen and oxygen atoms in total. The van der Waals surface area contributed by atoms with Crippen LogP contribution in [0.3, 0.4) is 0 Å². The maximum absolute atomic E-state index is 12.3. The first-order valence-electron chi connectivity index (χ1n) is 7.90. The molecule has 1 aliphatic rings. The third kappa shape index (κ3) is 3.64. The topological polar surface area (TPSA) is 38.1 Å². The lowest BCUT2D eigenvalue weighted by Crippen LogP contribution is -2.29. The Balaban J connectivity index is 1.70. The van der Waals surface area contributed by atoms with E-state index in [0.717, 1.165) is 18.8 Å². The lowest BCUT2D eigenvalue weighted by molar-refractivity contribution is 0.104. The standard InChI is InChI=1S/C18H20ClN3O/c1-21-17(16(19)13-20-21)9-10-18(23)14-5-7-15(8-6-14)22-11-3-2-4-12-22/h5-10,13H,2-4,11-12H2,1H3/b10-9+. The van der Waals surface area contributed by atoms with Gasteiger partial charge in [-0.3, -0.25) is 9.48 Å². The first-order chi connectivity index (χ1) is 11.1. The fraction of sp³-hybridized carbons (Fsp3) is 0.333. The number of piperidine rings is 1. The van der Waals surface area contributed by atoms with Crippen LogP contribution < -0.4 is 4.90 Å². The Hall–Kier alpha value is -2.07. The number of ketones is 1. The van der Waals surface area contributed by atoms with E-state index in [1.807, 2.05) is 24.3 Å². The summed E-state index contributed by atoms with van der Waals surface area (Å²) >= 11 is 6.03. The Morgan fingerprint density at radius 2 is 1.87 bits per heavy atom. The number of hydrogen-bond donors (Lipinski definition) is 0. The van der Waals surface area contributed by atoms with E-state index < -0.39 is 0 Å².